The zero-order valence-electron chi connectivity index (χ0n) is 22.6. The van der Waals surface area contributed by atoms with E-state index in [1.54, 1.807) is 0 Å². The molecule has 0 rings (SSSR count). The Morgan fingerprint density at radius 3 is 0.310 bits per heavy atom. The fraction of sp³-hybridized carbons (Fsp3) is 1.00. The summed E-state index contributed by atoms with van der Waals surface area (Å²) in [5.41, 5.74) is 0. The molecule has 185 valence electrons. The van der Waals surface area contributed by atoms with Crippen LogP contribution in [-0.4, -0.2) is 73.9 Å². The first-order valence-electron chi connectivity index (χ1n) is 12.3. The molecule has 0 spiro atoms. The van der Waals surface area contributed by atoms with E-state index in [2.05, 4.69) is 83.1 Å². The predicted molar refractivity (Wildman–Crippen MR) is 154 cm³/mol. The van der Waals surface area contributed by atoms with Crippen molar-refractivity contribution in [1.82, 2.24) is 0 Å². The van der Waals surface area contributed by atoms with Crippen molar-refractivity contribution in [1.29, 1.82) is 0 Å². The zero-order valence-corrected chi connectivity index (χ0v) is 27.8. The Bertz CT molecular complexity index is 157. The van der Waals surface area contributed by atoms with Gasteiger partial charge in [-0.2, -0.15) is 0 Å². The van der Waals surface area contributed by atoms with Crippen LogP contribution in [0.5, 0.6) is 0 Å². The van der Waals surface area contributed by atoms with Crippen molar-refractivity contribution in [3.8, 4) is 0 Å². The Labute approximate surface area is 207 Å². The number of hydrogen-bond acceptors (Lipinski definition) is 0. The monoisotopic (exact) mass is 575 g/mol. The van der Waals surface area contributed by atoms with Crippen LogP contribution in [-0.2, 0) is 19.5 Å². The minimum absolute atomic E-state index is 0. The quantitative estimate of drug-likeness (QED) is 0.160. The van der Waals surface area contributed by atoms with E-state index in [0.717, 1.165) is 0 Å². The molecular weight excluding hydrogens is 515 g/mol. The van der Waals surface area contributed by atoms with Gasteiger partial charge in [-0.25, -0.2) is 0 Å². The van der Waals surface area contributed by atoms with Crippen LogP contribution in [0.4, 0.5) is 0 Å². The Balaban J connectivity index is -0.0000000873. The topological polar surface area (TPSA) is 0 Å². The van der Waals surface area contributed by atoms with Gasteiger partial charge in [-0.1, -0.05) is 83.1 Å². The molecule has 0 aliphatic carbocycles. The van der Waals surface area contributed by atoms with Crippen LogP contribution in [0.25, 0.3) is 0 Å². The van der Waals surface area contributed by atoms with Gasteiger partial charge >= 0.3 is 0 Å². The molecule has 0 aromatic heterocycles. The molecule has 5 heteroatoms. The molecule has 0 nitrogen and oxygen atoms in total. The van der Waals surface area contributed by atoms with Crippen molar-refractivity contribution in [3.05, 3.63) is 0 Å². The zero-order chi connectivity index (χ0) is 22.8. The molecular formula is C24H60P4Rh. The van der Waals surface area contributed by atoms with Crippen molar-refractivity contribution in [2.24, 2.45) is 0 Å². The maximum atomic E-state index is 2.29. The molecule has 0 atom stereocenters. The fourth-order valence-corrected chi connectivity index (χ4v) is 8.05. The van der Waals surface area contributed by atoms with Crippen molar-refractivity contribution in [3.63, 3.8) is 0 Å². The number of rotatable bonds is 12. The summed E-state index contributed by atoms with van der Waals surface area (Å²) in [6.45, 7) is 27.5. The van der Waals surface area contributed by atoms with Crippen LogP contribution in [0.15, 0.2) is 0 Å². The first-order chi connectivity index (χ1) is 13.4. The Morgan fingerprint density at radius 2 is 0.310 bits per heavy atom. The molecule has 0 N–H and O–H groups in total. The Kier molecular flexibility index (Phi) is 54.0. The third kappa shape index (κ3) is 35.1. The van der Waals surface area contributed by atoms with E-state index >= 15 is 0 Å². The van der Waals surface area contributed by atoms with Crippen LogP contribution in [0.3, 0.4) is 0 Å². The third-order valence-electron chi connectivity index (χ3n) is 5.37. The van der Waals surface area contributed by atoms with Crippen molar-refractivity contribution in [2.75, 3.05) is 73.9 Å². The summed E-state index contributed by atoms with van der Waals surface area (Å²) in [6, 6.07) is 0. The van der Waals surface area contributed by atoms with E-state index in [0.29, 0.717) is 31.7 Å². The number of hydrogen-bond donors (Lipinski definition) is 0. The van der Waals surface area contributed by atoms with Crippen LogP contribution in [0.1, 0.15) is 83.1 Å². The van der Waals surface area contributed by atoms with Crippen LogP contribution in [0, 0.1) is 0 Å². The first-order valence-corrected chi connectivity index (χ1v) is 19.9. The van der Waals surface area contributed by atoms with Crippen LogP contribution < -0.4 is 0 Å². The van der Waals surface area contributed by atoms with Gasteiger partial charge in [0.15, 0.2) is 0 Å². The third-order valence-corrected chi connectivity index (χ3v) is 16.1. The van der Waals surface area contributed by atoms with Gasteiger partial charge in [-0.3, -0.25) is 0 Å². The molecule has 0 aliphatic heterocycles. The van der Waals surface area contributed by atoms with Gasteiger partial charge in [0.05, 0.1) is 0 Å². The molecule has 0 fully saturated rings. The molecule has 0 bridgehead atoms. The van der Waals surface area contributed by atoms with Gasteiger partial charge in [0.2, 0.25) is 0 Å². The summed E-state index contributed by atoms with van der Waals surface area (Å²) >= 11 is 0. The summed E-state index contributed by atoms with van der Waals surface area (Å²) in [5, 5.41) is 0. The minimum atomic E-state index is 0. The van der Waals surface area contributed by atoms with E-state index < -0.39 is 0 Å². The summed E-state index contributed by atoms with van der Waals surface area (Å²) in [6.07, 6.45) is 17.0. The van der Waals surface area contributed by atoms with Gasteiger partial charge in [-0.05, 0) is 73.9 Å². The molecule has 0 unspecified atom stereocenters. The van der Waals surface area contributed by atoms with Crippen molar-refractivity contribution in [2.45, 2.75) is 83.1 Å². The second-order valence-corrected chi connectivity index (χ2v) is 19.4. The Hall–Kier alpha value is 2.34. The minimum Gasteiger partial charge on any atom is -0.108 e. The summed E-state index contributed by atoms with van der Waals surface area (Å²) in [4.78, 5) is 0. The van der Waals surface area contributed by atoms with Gasteiger partial charge in [0, 0.05) is 19.5 Å². The second kappa shape index (κ2) is 37.6. The second-order valence-electron chi connectivity index (χ2n) is 6.48. The SMILES string of the molecule is CCP(CC)CC.CCP(CC)CC.CCP(CC)CC.CCP(CC)CC.[Rh]. The largest absolute Gasteiger partial charge is 0.108 e. The van der Waals surface area contributed by atoms with Gasteiger partial charge < -0.3 is 0 Å². The predicted octanol–water partition coefficient (Wildman–Crippen LogP) is 10.1. The standard InChI is InChI=1S/4C6H15P.Rh/c4*1-4-7(5-2)6-3;/h4*4-6H2,1-3H3;. The van der Waals surface area contributed by atoms with Gasteiger partial charge in [0.25, 0.3) is 0 Å². The molecule has 29 heavy (non-hydrogen) atoms. The molecule has 0 aromatic rings. The summed E-state index contributed by atoms with van der Waals surface area (Å²) in [5.74, 6) is 0. The summed E-state index contributed by atoms with van der Waals surface area (Å²) < 4.78 is 0. The van der Waals surface area contributed by atoms with Crippen LogP contribution >= 0.6 is 31.7 Å². The summed E-state index contributed by atoms with van der Waals surface area (Å²) in [7, 11) is 1.78. The van der Waals surface area contributed by atoms with E-state index in [1.807, 2.05) is 0 Å². The molecule has 0 amide bonds. The molecule has 0 aliphatic rings. The van der Waals surface area contributed by atoms with E-state index in [1.165, 1.54) is 73.9 Å². The molecule has 0 aromatic carbocycles. The first kappa shape index (κ1) is 41.6. The normalized spacial score (nSPS) is 9.93. The van der Waals surface area contributed by atoms with Gasteiger partial charge in [-0.15, -0.1) is 31.7 Å². The smallest absolute Gasteiger partial charge is 0 e. The van der Waals surface area contributed by atoms with E-state index in [4.69, 9.17) is 0 Å². The molecule has 0 saturated heterocycles. The Morgan fingerprint density at radius 1 is 0.241 bits per heavy atom. The fourth-order valence-electron chi connectivity index (χ4n) is 2.68. The maximum Gasteiger partial charge on any atom is 0 e. The van der Waals surface area contributed by atoms with Crippen molar-refractivity contribution < 1.29 is 19.5 Å². The maximum absolute atomic E-state index is 2.29. The van der Waals surface area contributed by atoms with Gasteiger partial charge in [0.1, 0.15) is 0 Å². The molecule has 1 radical (unpaired) electrons. The van der Waals surface area contributed by atoms with E-state index in [-0.39, 0.29) is 19.5 Å². The molecule has 0 saturated carbocycles. The van der Waals surface area contributed by atoms with Crippen molar-refractivity contribution >= 4 is 31.7 Å². The van der Waals surface area contributed by atoms with Crippen LogP contribution in [0.2, 0.25) is 0 Å². The average Bonchev–Trinajstić information content (AvgIpc) is 2.75. The molecule has 0 heterocycles. The van der Waals surface area contributed by atoms with E-state index in [9.17, 15) is 0 Å². The average molecular weight is 576 g/mol.